The van der Waals surface area contributed by atoms with Gasteiger partial charge in [0.2, 0.25) is 5.91 Å². The lowest BCUT2D eigenvalue weighted by atomic mass is 9.77. The maximum absolute atomic E-state index is 13.8. The fourth-order valence-electron chi connectivity index (χ4n) is 3.34. The molecule has 1 saturated carbocycles. The molecule has 1 aromatic rings. The van der Waals surface area contributed by atoms with Crippen molar-refractivity contribution in [3.8, 4) is 0 Å². The van der Waals surface area contributed by atoms with E-state index in [0.717, 1.165) is 12.8 Å². The van der Waals surface area contributed by atoms with Crippen molar-refractivity contribution in [1.29, 1.82) is 0 Å². The summed E-state index contributed by atoms with van der Waals surface area (Å²) < 4.78 is 13.8. The predicted molar refractivity (Wildman–Crippen MR) is 89.0 cm³/mol. The van der Waals surface area contributed by atoms with E-state index in [9.17, 15) is 18.8 Å². The Kier molecular flexibility index (Phi) is 4.69. The number of urea groups is 1. The van der Waals surface area contributed by atoms with Gasteiger partial charge >= 0.3 is 6.03 Å². The van der Waals surface area contributed by atoms with E-state index >= 15 is 0 Å². The molecule has 0 aromatic heterocycles. The van der Waals surface area contributed by atoms with Crippen LogP contribution < -0.4 is 10.7 Å². The van der Waals surface area contributed by atoms with Crippen LogP contribution in [-0.2, 0) is 16.0 Å². The first-order valence-electron chi connectivity index (χ1n) is 8.21. The largest absolute Gasteiger partial charge is 0.344 e. The molecule has 1 aromatic carbocycles. The second-order valence-electron chi connectivity index (χ2n) is 6.75. The average molecular weight is 368 g/mol. The Hall–Kier alpha value is -2.15. The molecule has 1 saturated heterocycles. The number of amides is 4. The molecule has 0 radical (unpaired) electrons. The zero-order valence-electron chi connectivity index (χ0n) is 13.8. The quantitative estimate of drug-likeness (QED) is 0.806. The molecule has 3 rings (SSSR count). The van der Waals surface area contributed by atoms with E-state index in [-0.39, 0.29) is 17.0 Å². The van der Waals surface area contributed by atoms with Gasteiger partial charge in [0.1, 0.15) is 11.4 Å². The standard InChI is InChI=1S/C17H19ClFN3O3/c1-10-5-7-17(8-6-10)15(24)22(16(25)20-17)21-14(23)9-11-12(18)3-2-4-13(11)19/h2-4,10H,5-9H2,1H3,(H,20,25)(H,21,23). The summed E-state index contributed by atoms with van der Waals surface area (Å²) in [7, 11) is 0. The topological polar surface area (TPSA) is 78.5 Å². The van der Waals surface area contributed by atoms with Crippen LogP contribution in [0.3, 0.4) is 0 Å². The smallest absolute Gasteiger partial charge is 0.322 e. The highest BCUT2D eigenvalue weighted by Crippen LogP contribution is 2.35. The summed E-state index contributed by atoms with van der Waals surface area (Å²) in [6.07, 6.45) is 2.39. The second-order valence-corrected chi connectivity index (χ2v) is 7.15. The lowest BCUT2D eigenvalue weighted by Crippen LogP contribution is -2.51. The molecule has 1 aliphatic carbocycles. The van der Waals surface area contributed by atoms with E-state index in [4.69, 9.17) is 11.6 Å². The van der Waals surface area contributed by atoms with Crippen LogP contribution in [0, 0.1) is 11.7 Å². The zero-order valence-corrected chi connectivity index (χ0v) is 14.5. The Labute approximate surface area is 149 Å². The third-order valence-corrected chi connectivity index (χ3v) is 5.28. The van der Waals surface area contributed by atoms with Gasteiger partial charge in [0.15, 0.2) is 0 Å². The highest BCUT2D eigenvalue weighted by Gasteiger charge is 2.52. The highest BCUT2D eigenvalue weighted by atomic mass is 35.5. The molecule has 1 spiro atoms. The van der Waals surface area contributed by atoms with Gasteiger partial charge in [-0.3, -0.25) is 15.0 Å². The van der Waals surface area contributed by atoms with E-state index in [0.29, 0.717) is 23.8 Å². The summed E-state index contributed by atoms with van der Waals surface area (Å²) >= 11 is 5.90. The van der Waals surface area contributed by atoms with E-state index in [1.165, 1.54) is 18.2 Å². The fraction of sp³-hybridized carbons (Fsp3) is 0.471. The van der Waals surface area contributed by atoms with Crippen molar-refractivity contribution in [2.24, 2.45) is 5.92 Å². The minimum atomic E-state index is -0.938. The normalized spacial score (nSPS) is 26.0. The lowest BCUT2D eigenvalue weighted by Gasteiger charge is -2.33. The average Bonchev–Trinajstić information content (AvgIpc) is 2.79. The number of hydrogen-bond acceptors (Lipinski definition) is 3. The van der Waals surface area contributed by atoms with Crippen LogP contribution in [0.15, 0.2) is 18.2 Å². The number of hydrogen-bond donors (Lipinski definition) is 2. The Morgan fingerprint density at radius 3 is 2.72 bits per heavy atom. The molecular formula is C17H19ClFN3O3. The molecule has 134 valence electrons. The highest BCUT2D eigenvalue weighted by molar-refractivity contribution is 6.31. The van der Waals surface area contributed by atoms with Crippen molar-refractivity contribution < 1.29 is 18.8 Å². The Bertz CT molecular complexity index is 712. The molecule has 0 unspecified atom stereocenters. The number of benzene rings is 1. The van der Waals surface area contributed by atoms with Crippen LogP contribution in [-0.4, -0.2) is 28.4 Å². The molecule has 6 nitrogen and oxygen atoms in total. The van der Waals surface area contributed by atoms with E-state index in [2.05, 4.69) is 17.7 Å². The Balaban J connectivity index is 1.69. The van der Waals surface area contributed by atoms with Crippen LogP contribution in [0.4, 0.5) is 9.18 Å². The van der Waals surface area contributed by atoms with Gasteiger partial charge in [-0.05, 0) is 43.7 Å². The Morgan fingerprint density at radius 1 is 1.40 bits per heavy atom. The molecule has 2 aliphatic rings. The number of nitrogens with one attached hydrogen (secondary N) is 2. The van der Waals surface area contributed by atoms with Gasteiger partial charge in [-0.1, -0.05) is 24.6 Å². The fourth-order valence-corrected chi connectivity index (χ4v) is 3.57. The number of halogens is 2. The van der Waals surface area contributed by atoms with E-state index < -0.39 is 29.2 Å². The van der Waals surface area contributed by atoms with Gasteiger partial charge in [-0.15, -0.1) is 0 Å². The second kappa shape index (κ2) is 6.63. The minimum Gasteiger partial charge on any atom is -0.322 e. The maximum atomic E-state index is 13.8. The van der Waals surface area contributed by atoms with Crippen LogP contribution >= 0.6 is 11.6 Å². The van der Waals surface area contributed by atoms with Crippen molar-refractivity contribution in [3.05, 3.63) is 34.6 Å². The maximum Gasteiger partial charge on any atom is 0.344 e. The zero-order chi connectivity index (χ0) is 18.2. The molecule has 8 heteroatoms. The number of carbonyl (C=O) groups excluding carboxylic acids is 3. The van der Waals surface area contributed by atoms with Gasteiger partial charge in [-0.2, -0.15) is 5.01 Å². The molecule has 2 fully saturated rings. The number of rotatable bonds is 3. The summed E-state index contributed by atoms with van der Waals surface area (Å²) in [6.45, 7) is 2.10. The van der Waals surface area contributed by atoms with Crippen molar-refractivity contribution in [2.75, 3.05) is 0 Å². The third-order valence-electron chi connectivity index (χ3n) is 4.93. The third kappa shape index (κ3) is 3.33. The van der Waals surface area contributed by atoms with Gasteiger partial charge in [0.05, 0.1) is 6.42 Å². The summed E-state index contributed by atoms with van der Waals surface area (Å²) in [6, 6.07) is 3.44. The molecule has 0 atom stereocenters. The number of nitrogens with zero attached hydrogens (tertiary/aromatic N) is 1. The molecular weight excluding hydrogens is 349 g/mol. The van der Waals surface area contributed by atoms with Crippen molar-refractivity contribution in [2.45, 2.75) is 44.6 Å². The molecule has 2 N–H and O–H groups in total. The van der Waals surface area contributed by atoms with Crippen molar-refractivity contribution in [1.82, 2.24) is 15.8 Å². The molecule has 4 amide bonds. The molecule has 1 heterocycles. The SMILES string of the molecule is CC1CCC2(CC1)NC(=O)N(NC(=O)Cc1c(F)cccc1Cl)C2=O. The number of hydrazine groups is 1. The first kappa shape index (κ1) is 17.7. The first-order valence-corrected chi connectivity index (χ1v) is 8.59. The van der Waals surface area contributed by atoms with Gasteiger partial charge in [-0.25, -0.2) is 9.18 Å². The summed E-state index contributed by atoms with van der Waals surface area (Å²) in [5.74, 6) is -1.26. The van der Waals surface area contributed by atoms with Gasteiger partial charge in [0.25, 0.3) is 5.91 Å². The van der Waals surface area contributed by atoms with Gasteiger partial charge < -0.3 is 5.32 Å². The monoisotopic (exact) mass is 367 g/mol. The van der Waals surface area contributed by atoms with Crippen LogP contribution in [0.5, 0.6) is 0 Å². The summed E-state index contributed by atoms with van der Waals surface area (Å²) in [5.41, 5.74) is 1.36. The summed E-state index contributed by atoms with van der Waals surface area (Å²) in [5, 5.41) is 3.52. The van der Waals surface area contributed by atoms with Crippen LogP contribution in [0.1, 0.15) is 38.2 Å². The van der Waals surface area contributed by atoms with Crippen LogP contribution in [0.2, 0.25) is 5.02 Å². The summed E-state index contributed by atoms with van der Waals surface area (Å²) in [4.78, 5) is 37.0. The number of imide groups is 1. The van der Waals surface area contributed by atoms with E-state index in [1.54, 1.807) is 0 Å². The van der Waals surface area contributed by atoms with E-state index in [1.807, 2.05) is 0 Å². The van der Waals surface area contributed by atoms with Crippen LogP contribution in [0.25, 0.3) is 0 Å². The minimum absolute atomic E-state index is 0.0231. The molecule has 0 bridgehead atoms. The molecule has 25 heavy (non-hydrogen) atoms. The van der Waals surface area contributed by atoms with Crippen molar-refractivity contribution in [3.63, 3.8) is 0 Å². The molecule has 1 aliphatic heterocycles. The Morgan fingerprint density at radius 2 is 2.08 bits per heavy atom. The number of carbonyl (C=O) groups is 3. The lowest BCUT2D eigenvalue weighted by molar-refractivity contribution is -0.139. The van der Waals surface area contributed by atoms with Crippen molar-refractivity contribution >= 4 is 29.4 Å². The predicted octanol–water partition coefficient (Wildman–Crippen LogP) is 2.55. The van der Waals surface area contributed by atoms with Gasteiger partial charge in [0, 0.05) is 10.6 Å². The first-order chi connectivity index (χ1) is 11.8.